The molecule has 0 aromatic rings. The lowest BCUT2D eigenvalue weighted by molar-refractivity contribution is -0.242. The van der Waals surface area contributed by atoms with Gasteiger partial charge in [-0.1, -0.05) is 0 Å². The van der Waals surface area contributed by atoms with Crippen molar-refractivity contribution in [2.45, 2.75) is 44.5 Å². The molecular formula is C8H15NO5. The lowest BCUT2D eigenvalue weighted by Crippen LogP contribution is -2.62. The Hall–Kier alpha value is -0.690. The molecule has 1 fully saturated rings. The Bertz CT molecular complexity index is 222. The molecule has 82 valence electrons. The van der Waals surface area contributed by atoms with Crippen LogP contribution in [-0.2, 0) is 9.53 Å². The Morgan fingerprint density at radius 3 is 2.36 bits per heavy atom. The van der Waals surface area contributed by atoms with Crippen LogP contribution in [0.2, 0.25) is 0 Å². The van der Waals surface area contributed by atoms with Crippen molar-refractivity contribution < 1.29 is 24.9 Å². The quantitative estimate of drug-likeness (QED) is 0.395. The van der Waals surface area contributed by atoms with Gasteiger partial charge < -0.3 is 25.4 Å². The summed E-state index contributed by atoms with van der Waals surface area (Å²) in [5.41, 5.74) is 0. The van der Waals surface area contributed by atoms with Gasteiger partial charge >= 0.3 is 0 Å². The number of aliphatic hydroxyl groups is 3. The van der Waals surface area contributed by atoms with Gasteiger partial charge in [0.1, 0.15) is 18.2 Å². The molecular weight excluding hydrogens is 190 g/mol. The topological polar surface area (TPSA) is 99.0 Å². The number of nitrogens with one attached hydrogen (secondary N) is 1. The van der Waals surface area contributed by atoms with Gasteiger partial charge in [-0.15, -0.1) is 0 Å². The first-order valence-corrected chi connectivity index (χ1v) is 4.40. The number of carbonyl (C=O) groups excluding carboxylic acids is 1. The molecule has 1 rings (SSSR count). The van der Waals surface area contributed by atoms with E-state index in [1.165, 1.54) is 13.8 Å². The average Bonchev–Trinajstić information content (AvgIpc) is 2.09. The number of amides is 1. The van der Waals surface area contributed by atoms with Gasteiger partial charge in [-0.2, -0.15) is 0 Å². The second kappa shape index (κ2) is 4.22. The molecule has 0 aromatic carbocycles. The third-order valence-electron chi connectivity index (χ3n) is 2.23. The van der Waals surface area contributed by atoms with Crippen LogP contribution in [0.25, 0.3) is 0 Å². The summed E-state index contributed by atoms with van der Waals surface area (Å²) in [6, 6.07) is -0.987. The maximum absolute atomic E-state index is 10.7. The number of ether oxygens (including phenoxy) is 1. The molecule has 0 spiro atoms. The minimum Gasteiger partial charge on any atom is -0.388 e. The van der Waals surface area contributed by atoms with Gasteiger partial charge in [-0.25, -0.2) is 0 Å². The number of carbonyl (C=O) groups is 1. The molecule has 5 atom stereocenters. The summed E-state index contributed by atoms with van der Waals surface area (Å²) < 4.78 is 4.91. The molecule has 1 aliphatic heterocycles. The number of aliphatic hydroxyl groups excluding tert-OH is 3. The van der Waals surface area contributed by atoms with E-state index in [-0.39, 0.29) is 0 Å². The molecule has 0 bridgehead atoms. The van der Waals surface area contributed by atoms with Crippen LogP contribution >= 0.6 is 0 Å². The van der Waals surface area contributed by atoms with E-state index < -0.39 is 36.6 Å². The Morgan fingerprint density at radius 1 is 1.29 bits per heavy atom. The van der Waals surface area contributed by atoms with Crippen LogP contribution in [0, 0.1) is 0 Å². The lowest BCUT2D eigenvalue weighted by atomic mass is 9.98. The largest absolute Gasteiger partial charge is 0.388 e. The van der Waals surface area contributed by atoms with Crippen LogP contribution in [0.1, 0.15) is 13.8 Å². The summed E-state index contributed by atoms with van der Waals surface area (Å²) in [7, 11) is 0. The van der Waals surface area contributed by atoms with Gasteiger partial charge in [0.15, 0.2) is 6.29 Å². The zero-order valence-corrected chi connectivity index (χ0v) is 8.04. The highest BCUT2D eigenvalue weighted by atomic mass is 16.6. The SMILES string of the molecule is CC(=O)N[C@@H]1C(O)O[C@@H](C)[C@H](O)[C@H]1O. The molecule has 1 heterocycles. The second-order valence-electron chi connectivity index (χ2n) is 3.44. The number of hydrogen-bond acceptors (Lipinski definition) is 5. The number of hydrogen-bond donors (Lipinski definition) is 4. The van der Waals surface area contributed by atoms with Gasteiger partial charge in [0.25, 0.3) is 0 Å². The van der Waals surface area contributed by atoms with E-state index in [0.29, 0.717) is 0 Å². The molecule has 0 radical (unpaired) electrons. The lowest BCUT2D eigenvalue weighted by Gasteiger charge is -2.39. The van der Waals surface area contributed by atoms with Gasteiger partial charge in [-0.05, 0) is 6.92 Å². The third-order valence-corrected chi connectivity index (χ3v) is 2.23. The van der Waals surface area contributed by atoms with Gasteiger partial charge in [-0.3, -0.25) is 4.79 Å². The van der Waals surface area contributed by atoms with Crippen molar-refractivity contribution in [3.8, 4) is 0 Å². The van der Waals surface area contributed by atoms with E-state index in [1.54, 1.807) is 0 Å². The first-order chi connectivity index (χ1) is 6.43. The zero-order chi connectivity index (χ0) is 10.9. The highest BCUT2D eigenvalue weighted by Gasteiger charge is 2.42. The average molecular weight is 205 g/mol. The van der Waals surface area contributed by atoms with Crippen LogP contribution in [0.3, 0.4) is 0 Å². The Kier molecular flexibility index (Phi) is 3.43. The van der Waals surface area contributed by atoms with Crippen LogP contribution in [-0.4, -0.2) is 51.9 Å². The van der Waals surface area contributed by atoms with E-state index in [0.717, 1.165) is 0 Å². The minimum atomic E-state index is -1.30. The molecule has 0 aliphatic carbocycles. The van der Waals surface area contributed by atoms with Crippen molar-refractivity contribution in [1.82, 2.24) is 5.32 Å². The molecule has 4 N–H and O–H groups in total. The fourth-order valence-electron chi connectivity index (χ4n) is 1.44. The fourth-order valence-corrected chi connectivity index (χ4v) is 1.44. The standard InChI is InChI=1S/C8H15NO5/c1-3-6(11)7(12)5(8(13)14-3)9-4(2)10/h3,5-8,11-13H,1-2H3,(H,9,10)/t3-,5-,6-,7-,8?/m0/s1. The van der Waals surface area contributed by atoms with Crippen molar-refractivity contribution in [2.24, 2.45) is 0 Å². The summed E-state index contributed by atoms with van der Waals surface area (Å²) in [6.07, 6.45) is -4.30. The molecule has 1 amide bonds. The van der Waals surface area contributed by atoms with Crippen molar-refractivity contribution in [1.29, 1.82) is 0 Å². The first-order valence-electron chi connectivity index (χ1n) is 4.40. The Morgan fingerprint density at radius 2 is 1.86 bits per heavy atom. The molecule has 1 unspecified atom stereocenters. The molecule has 6 heteroatoms. The predicted molar refractivity (Wildman–Crippen MR) is 46.2 cm³/mol. The van der Waals surface area contributed by atoms with Crippen molar-refractivity contribution in [3.05, 3.63) is 0 Å². The third kappa shape index (κ3) is 2.21. The van der Waals surface area contributed by atoms with Crippen molar-refractivity contribution >= 4 is 5.91 Å². The number of rotatable bonds is 1. The molecule has 0 saturated carbocycles. The Balaban J connectivity index is 2.68. The highest BCUT2D eigenvalue weighted by Crippen LogP contribution is 2.19. The van der Waals surface area contributed by atoms with Crippen molar-refractivity contribution in [2.75, 3.05) is 0 Å². The maximum atomic E-state index is 10.7. The molecule has 1 aliphatic rings. The van der Waals surface area contributed by atoms with E-state index in [9.17, 15) is 20.1 Å². The summed E-state index contributed by atoms with van der Waals surface area (Å²) in [5.74, 6) is -0.404. The van der Waals surface area contributed by atoms with E-state index >= 15 is 0 Å². The fraction of sp³-hybridized carbons (Fsp3) is 0.875. The zero-order valence-electron chi connectivity index (χ0n) is 8.04. The molecule has 6 nitrogen and oxygen atoms in total. The van der Waals surface area contributed by atoms with Gasteiger partial charge in [0, 0.05) is 6.92 Å². The monoisotopic (exact) mass is 205 g/mol. The highest BCUT2D eigenvalue weighted by molar-refractivity contribution is 5.73. The normalized spacial score (nSPS) is 43.4. The van der Waals surface area contributed by atoms with Crippen LogP contribution in [0.15, 0.2) is 0 Å². The van der Waals surface area contributed by atoms with E-state index in [2.05, 4.69) is 5.32 Å². The Labute approximate surface area is 81.5 Å². The van der Waals surface area contributed by atoms with Crippen LogP contribution < -0.4 is 5.32 Å². The van der Waals surface area contributed by atoms with E-state index in [1.807, 2.05) is 0 Å². The van der Waals surface area contributed by atoms with Crippen molar-refractivity contribution in [3.63, 3.8) is 0 Å². The minimum absolute atomic E-state index is 0.404. The maximum Gasteiger partial charge on any atom is 0.217 e. The smallest absolute Gasteiger partial charge is 0.217 e. The van der Waals surface area contributed by atoms with Gasteiger partial charge in [0.2, 0.25) is 5.91 Å². The molecule has 0 aromatic heterocycles. The van der Waals surface area contributed by atoms with Crippen LogP contribution in [0.4, 0.5) is 0 Å². The summed E-state index contributed by atoms with van der Waals surface area (Å²) in [5, 5.41) is 30.6. The second-order valence-corrected chi connectivity index (χ2v) is 3.44. The molecule has 14 heavy (non-hydrogen) atoms. The predicted octanol–water partition coefficient (Wildman–Crippen LogP) is -2.05. The first kappa shape index (κ1) is 11.4. The summed E-state index contributed by atoms with van der Waals surface area (Å²) in [4.78, 5) is 10.7. The van der Waals surface area contributed by atoms with E-state index in [4.69, 9.17) is 4.74 Å². The molecule has 1 saturated heterocycles. The summed E-state index contributed by atoms with van der Waals surface area (Å²) in [6.45, 7) is 2.78. The van der Waals surface area contributed by atoms with Gasteiger partial charge in [0.05, 0.1) is 6.10 Å². The van der Waals surface area contributed by atoms with Crippen LogP contribution in [0.5, 0.6) is 0 Å². The summed E-state index contributed by atoms with van der Waals surface area (Å²) >= 11 is 0.